The summed E-state index contributed by atoms with van der Waals surface area (Å²) in [6, 6.07) is 10.3. The second-order valence-corrected chi connectivity index (χ2v) is 7.07. The molecule has 0 saturated heterocycles. The lowest BCUT2D eigenvalue weighted by Crippen LogP contribution is -3.11. The third-order valence-electron chi connectivity index (χ3n) is 4.65. The highest BCUT2D eigenvalue weighted by Crippen LogP contribution is 2.47. The number of quaternary nitrogens is 1. The Morgan fingerprint density at radius 1 is 1.29 bits per heavy atom. The van der Waals surface area contributed by atoms with Crippen molar-refractivity contribution in [3.05, 3.63) is 45.9 Å². The van der Waals surface area contributed by atoms with E-state index in [1.165, 1.54) is 10.5 Å². The molecule has 5 nitrogen and oxygen atoms in total. The predicted molar refractivity (Wildman–Crippen MR) is 95.1 cm³/mol. The van der Waals surface area contributed by atoms with Crippen molar-refractivity contribution >= 4 is 21.6 Å². The Morgan fingerprint density at radius 2 is 2.17 bits per heavy atom. The standard InChI is InChI=1S/C18H19BrN2O3/c1-21-7-6-11-8-14-16(24-10-23-14)17(22-2)15(11)18(21)20-13-5-3-4-12(19)9-13/h3-5,8-9,18,20H,6-7,10H2,1-2H3/p+1/t18-/m1/s1. The minimum atomic E-state index is 0.0903. The van der Waals surface area contributed by atoms with Crippen LogP contribution in [-0.4, -0.2) is 27.5 Å². The third-order valence-corrected chi connectivity index (χ3v) is 5.15. The number of hydrogen-bond donors (Lipinski definition) is 2. The zero-order valence-corrected chi connectivity index (χ0v) is 15.3. The van der Waals surface area contributed by atoms with Crippen molar-refractivity contribution in [2.75, 3.05) is 32.8 Å². The van der Waals surface area contributed by atoms with Crippen LogP contribution in [0.25, 0.3) is 0 Å². The Labute approximate surface area is 149 Å². The molecule has 0 amide bonds. The average Bonchev–Trinajstić information content (AvgIpc) is 3.04. The van der Waals surface area contributed by atoms with Gasteiger partial charge in [0, 0.05) is 16.6 Å². The smallest absolute Gasteiger partial charge is 0.231 e. The van der Waals surface area contributed by atoms with E-state index in [2.05, 4.69) is 46.5 Å². The van der Waals surface area contributed by atoms with Crippen molar-refractivity contribution in [3.8, 4) is 17.2 Å². The second-order valence-electron chi connectivity index (χ2n) is 6.15. The lowest BCUT2D eigenvalue weighted by Gasteiger charge is -2.33. The van der Waals surface area contributed by atoms with E-state index in [0.29, 0.717) is 5.75 Å². The summed E-state index contributed by atoms with van der Waals surface area (Å²) in [6.45, 7) is 1.29. The number of ether oxygens (including phenoxy) is 3. The number of hydrogen-bond acceptors (Lipinski definition) is 4. The lowest BCUT2D eigenvalue weighted by molar-refractivity contribution is -0.910. The van der Waals surface area contributed by atoms with Gasteiger partial charge in [-0.3, -0.25) is 0 Å². The number of fused-ring (bicyclic) bond motifs is 2. The highest BCUT2D eigenvalue weighted by atomic mass is 79.9. The Balaban J connectivity index is 1.79. The zero-order valence-electron chi connectivity index (χ0n) is 13.7. The summed E-state index contributed by atoms with van der Waals surface area (Å²) in [7, 11) is 3.89. The minimum Gasteiger partial charge on any atom is -0.492 e. The molecule has 2 aromatic rings. The summed E-state index contributed by atoms with van der Waals surface area (Å²) < 4.78 is 18.0. The fourth-order valence-corrected chi connectivity index (χ4v) is 3.87. The SMILES string of the molecule is COc1c2c(cc3c1[C@H](Nc1cccc(Br)c1)[NH+](C)CC3)OCO2. The van der Waals surface area contributed by atoms with Gasteiger partial charge in [-0.2, -0.15) is 0 Å². The van der Waals surface area contributed by atoms with Gasteiger partial charge in [-0.25, -0.2) is 0 Å². The first-order valence-electron chi connectivity index (χ1n) is 8.01. The van der Waals surface area contributed by atoms with E-state index in [4.69, 9.17) is 14.2 Å². The van der Waals surface area contributed by atoms with E-state index in [9.17, 15) is 0 Å². The molecule has 0 aliphatic carbocycles. The molecule has 0 spiro atoms. The molecule has 2 aliphatic rings. The molecule has 2 atom stereocenters. The number of halogens is 1. The molecule has 126 valence electrons. The Bertz CT molecular complexity index is 781. The first-order chi connectivity index (χ1) is 11.7. The third kappa shape index (κ3) is 2.59. The topological polar surface area (TPSA) is 44.2 Å². The molecule has 0 aromatic heterocycles. The molecule has 2 N–H and O–H groups in total. The Morgan fingerprint density at radius 3 is 2.96 bits per heavy atom. The summed E-state index contributed by atoms with van der Waals surface area (Å²) in [5.41, 5.74) is 3.49. The maximum Gasteiger partial charge on any atom is 0.231 e. The van der Waals surface area contributed by atoms with Crippen molar-refractivity contribution in [1.29, 1.82) is 0 Å². The molecule has 24 heavy (non-hydrogen) atoms. The maximum atomic E-state index is 5.73. The van der Waals surface area contributed by atoms with Crippen LogP contribution in [0, 0.1) is 0 Å². The van der Waals surface area contributed by atoms with Gasteiger partial charge >= 0.3 is 0 Å². The summed E-state index contributed by atoms with van der Waals surface area (Å²) in [6.07, 6.45) is 1.08. The van der Waals surface area contributed by atoms with Gasteiger partial charge in [-0.05, 0) is 29.8 Å². The van der Waals surface area contributed by atoms with Gasteiger partial charge in [0.15, 0.2) is 17.7 Å². The first-order valence-corrected chi connectivity index (χ1v) is 8.80. The van der Waals surface area contributed by atoms with E-state index >= 15 is 0 Å². The van der Waals surface area contributed by atoms with Crippen molar-refractivity contribution < 1.29 is 19.1 Å². The molecular formula is C18H20BrN2O3+. The molecule has 2 aromatic carbocycles. The number of likely N-dealkylation sites (N-methyl/N-ethyl adjacent to an activating group) is 1. The number of methoxy groups -OCH3 is 1. The number of nitrogens with one attached hydrogen (secondary N) is 2. The molecule has 0 saturated carbocycles. The molecular weight excluding hydrogens is 372 g/mol. The van der Waals surface area contributed by atoms with Crippen LogP contribution in [0.2, 0.25) is 0 Å². The van der Waals surface area contributed by atoms with E-state index in [1.54, 1.807) is 7.11 Å². The molecule has 0 fully saturated rings. The number of benzene rings is 2. The van der Waals surface area contributed by atoms with Crippen molar-refractivity contribution in [1.82, 2.24) is 0 Å². The van der Waals surface area contributed by atoms with Crippen LogP contribution in [0.1, 0.15) is 17.3 Å². The van der Waals surface area contributed by atoms with Gasteiger partial charge < -0.3 is 24.4 Å². The highest BCUT2D eigenvalue weighted by Gasteiger charge is 2.36. The molecule has 4 rings (SSSR count). The van der Waals surface area contributed by atoms with Gasteiger partial charge in [-0.1, -0.05) is 22.0 Å². The van der Waals surface area contributed by atoms with E-state index < -0.39 is 0 Å². The molecule has 0 radical (unpaired) electrons. The largest absolute Gasteiger partial charge is 0.492 e. The van der Waals surface area contributed by atoms with Crippen LogP contribution >= 0.6 is 15.9 Å². The van der Waals surface area contributed by atoms with Crippen LogP contribution in [-0.2, 0) is 6.42 Å². The molecule has 1 unspecified atom stereocenters. The maximum absolute atomic E-state index is 5.73. The zero-order chi connectivity index (χ0) is 16.7. The average molecular weight is 392 g/mol. The fourth-order valence-electron chi connectivity index (χ4n) is 3.47. The second kappa shape index (κ2) is 6.18. The van der Waals surface area contributed by atoms with E-state index in [-0.39, 0.29) is 13.0 Å². The lowest BCUT2D eigenvalue weighted by atomic mass is 9.94. The van der Waals surface area contributed by atoms with Crippen molar-refractivity contribution in [2.24, 2.45) is 0 Å². The normalized spacial score (nSPS) is 21.3. The monoisotopic (exact) mass is 391 g/mol. The van der Waals surface area contributed by atoms with Gasteiger partial charge in [0.1, 0.15) is 0 Å². The first kappa shape index (κ1) is 15.6. The summed E-state index contributed by atoms with van der Waals surface area (Å²) >= 11 is 3.53. The Kier molecular flexibility index (Phi) is 4.02. The van der Waals surface area contributed by atoms with Gasteiger partial charge in [0.25, 0.3) is 0 Å². The Hall–Kier alpha value is -1.92. The van der Waals surface area contributed by atoms with Crippen LogP contribution < -0.4 is 24.4 Å². The van der Waals surface area contributed by atoms with Crippen molar-refractivity contribution in [3.63, 3.8) is 0 Å². The van der Waals surface area contributed by atoms with Crippen LogP contribution in [0.3, 0.4) is 0 Å². The van der Waals surface area contributed by atoms with Crippen LogP contribution in [0.5, 0.6) is 17.2 Å². The highest BCUT2D eigenvalue weighted by molar-refractivity contribution is 9.10. The van der Waals surface area contributed by atoms with Gasteiger partial charge in [-0.15, -0.1) is 0 Å². The van der Waals surface area contributed by atoms with Crippen LogP contribution in [0.15, 0.2) is 34.8 Å². The minimum absolute atomic E-state index is 0.0903. The predicted octanol–water partition coefficient (Wildman–Crippen LogP) is 2.37. The fraction of sp³-hybridized carbons (Fsp3) is 0.333. The number of rotatable bonds is 3. The molecule has 2 aliphatic heterocycles. The van der Waals surface area contributed by atoms with Gasteiger partial charge in [0.05, 0.1) is 26.3 Å². The quantitative estimate of drug-likeness (QED) is 0.842. The molecule has 0 bridgehead atoms. The van der Waals surface area contributed by atoms with Crippen molar-refractivity contribution in [2.45, 2.75) is 12.6 Å². The van der Waals surface area contributed by atoms with Gasteiger partial charge in [0.2, 0.25) is 12.5 Å². The van der Waals surface area contributed by atoms with E-state index in [1.807, 2.05) is 12.1 Å². The summed E-state index contributed by atoms with van der Waals surface area (Å²) in [5.74, 6) is 2.28. The summed E-state index contributed by atoms with van der Waals surface area (Å²) in [5, 5.41) is 3.65. The summed E-state index contributed by atoms with van der Waals surface area (Å²) in [4.78, 5) is 1.39. The molecule has 6 heteroatoms. The molecule has 2 heterocycles. The van der Waals surface area contributed by atoms with E-state index in [0.717, 1.165) is 40.2 Å². The van der Waals surface area contributed by atoms with Crippen LogP contribution in [0.4, 0.5) is 5.69 Å². The number of anilines is 1.